The Hall–Kier alpha value is -3.86. The van der Waals surface area contributed by atoms with Crippen LogP contribution in [-0.4, -0.2) is 30.1 Å². The van der Waals surface area contributed by atoms with E-state index in [1.165, 1.54) is 6.92 Å². The fraction of sp³-hybridized carbons (Fsp3) is 0.304. The van der Waals surface area contributed by atoms with Crippen molar-refractivity contribution in [3.05, 3.63) is 65.7 Å². The number of carbonyl (C=O) groups is 3. The Morgan fingerprint density at radius 3 is 2.23 bits per heavy atom. The summed E-state index contributed by atoms with van der Waals surface area (Å²) in [4.78, 5) is 37.0. The van der Waals surface area contributed by atoms with E-state index in [9.17, 15) is 14.4 Å². The number of benzene rings is 2. The van der Waals surface area contributed by atoms with E-state index in [-0.39, 0.29) is 12.5 Å². The van der Waals surface area contributed by atoms with E-state index in [2.05, 4.69) is 10.6 Å². The molecule has 8 nitrogen and oxygen atoms in total. The summed E-state index contributed by atoms with van der Waals surface area (Å²) in [6, 6.07) is 16.4. The molecule has 8 heteroatoms. The quantitative estimate of drug-likeness (QED) is 0.629. The van der Waals surface area contributed by atoms with Crippen molar-refractivity contribution in [1.82, 2.24) is 5.32 Å². The highest BCUT2D eigenvalue weighted by Gasteiger charge is 2.29. The van der Waals surface area contributed by atoms with Gasteiger partial charge in [-0.15, -0.1) is 0 Å². The van der Waals surface area contributed by atoms with Gasteiger partial charge in [-0.2, -0.15) is 5.26 Å². The van der Waals surface area contributed by atoms with Crippen LogP contribution in [0.15, 0.2) is 54.6 Å². The molecule has 0 radical (unpaired) electrons. The van der Waals surface area contributed by atoms with Crippen LogP contribution in [0.1, 0.15) is 31.9 Å². The molecule has 0 fully saturated rings. The summed E-state index contributed by atoms with van der Waals surface area (Å²) in [5.74, 6) is -1.56. The number of carbonyl (C=O) groups excluding carboxylic acids is 3. The van der Waals surface area contributed by atoms with Gasteiger partial charge in [-0.05, 0) is 42.7 Å². The largest absolute Gasteiger partial charge is 0.451 e. The predicted octanol–water partition coefficient (Wildman–Crippen LogP) is 3.38. The van der Waals surface area contributed by atoms with Crippen molar-refractivity contribution in [3.8, 4) is 6.07 Å². The molecule has 0 unspecified atom stereocenters. The van der Waals surface area contributed by atoms with Crippen molar-refractivity contribution in [2.24, 2.45) is 5.92 Å². The van der Waals surface area contributed by atoms with E-state index < -0.39 is 30.1 Å². The lowest BCUT2D eigenvalue weighted by molar-refractivity contribution is -0.156. The second-order valence-electron chi connectivity index (χ2n) is 7.19. The number of hydrogen-bond donors (Lipinski definition) is 2. The Kier molecular flexibility index (Phi) is 8.58. The van der Waals surface area contributed by atoms with Crippen LogP contribution in [0.3, 0.4) is 0 Å². The first kappa shape index (κ1) is 23.4. The average molecular weight is 423 g/mol. The molecule has 0 bridgehead atoms. The van der Waals surface area contributed by atoms with E-state index in [1.54, 1.807) is 38.1 Å². The van der Waals surface area contributed by atoms with Gasteiger partial charge in [0.05, 0.1) is 11.6 Å². The smallest absolute Gasteiger partial charge is 0.408 e. The van der Waals surface area contributed by atoms with Crippen LogP contribution in [0.4, 0.5) is 10.5 Å². The average Bonchev–Trinajstić information content (AvgIpc) is 2.76. The minimum absolute atomic E-state index is 0.0654. The molecule has 2 N–H and O–H groups in total. The Balaban J connectivity index is 1.88. The lowest BCUT2D eigenvalue weighted by Gasteiger charge is -2.22. The van der Waals surface area contributed by atoms with E-state index in [4.69, 9.17) is 14.7 Å². The molecule has 2 aromatic rings. The molecule has 0 aliphatic heterocycles. The molecule has 0 heterocycles. The second-order valence-corrected chi connectivity index (χ2v) is 7.19. The van der Waals surface area contributed by atoms with Crippen LogP contribution < -0.4 is 10.6 Å². The summed E-state index contributed by atoms with van der Waals surface area (Å²) < 4.78 is 10.4. The van der Waals surface area contributed by atoms with Gasteiger partial charge in [0.1, 0.15) is 12.6 Å². The minimum atomic E-state index is -1.09. The van der Waals surface area contributed by atoms with Gasteiger partial charge in [0, 0.05) is 5.69 Å². The number of nitrogens with one attached hydrogen (secondary N) is 2. The highest BCUT2D eigenvalue weighted by atomic mass is 16.6. The summed E-state index contributed by atoms with van der Waals surface area (Å²) in [5.41, 5.74) is 1.74. The molecule has 31 heavy (non-hydrogen) atoms. The molecular formula is C23H25N3O5. The number of esters is 1. The van der Waals surface area contributed by atoms with Crippen LogP contribution in [0.2, 0.25) is 0 Å². The molecule has 2 atom stereocenters. The standard InChI is InChI=1S/C23H25N3O5/c1-15(2)20(26-23(29)30-14-18-7-5-4-6-8-18)22(28)31-16(3)21(27)25-19-11-9-17(13-24)10-12-19/h4-12,15-16,20H,14H2,1-3H3,(H,25,27)(H,26,29)/t16-,20+/m1/s1. The lowest BCUT2D eigenvalue weighted by atomic mass is 10.1. The predicted molar refractivity (Wildman–Crippen MR) is 114 cm³/mol. The van der Waals surface area contributed by atoms with Crippen molar-refractivity contribution in [2.75, 3.05) is 5.32 Å². The number of alkyl carbamates (subject to hydrolysis) is 1. The fourth-order valence-corrected chi connectivity index (χ4v) is 2.56. The zero-order valence-corrected chi connectivity index (χ0v) is 17.6. The van der Waals surface area contributed by atoms with Crippen molar-refractivity contribution >= 4 is 23.7 Å². The van der Waals surface area contributed by atoms with Gasteiger partial charge >= 0.3 is 12.1 Å². The summed E-state index contributed by atoms with van der Waals surface area (Å²) >= 11 is 0. The maximum atomic E-state index is 12.5. The van der Waals surface area contributed by atoms with E-state index in [1.807, 2.05) is 36.4 Å². The Morgan fingerprint density at radius 1 is 1.00 bits per heavy atom. The number of amides is 2. The van der Waals surface area contributed by atoms with Gasteiger partial charge in [-0.25, -0.2) is 9.59 Å². The van der Waals surface area contributed by atoms with Crippen LogP contribution in [-0.2, 0) is 25.7 Å². The van der Waals surface area contributed by atoms with Crippen molar-refractivity contribution in [2.45, 2.75) is 39.5 Å². The Labute approximate surface area is 181 Å². The number of nitrogens with zero attached hydrogens (tertiary/aromatic N) is 1. The van der Waals surface area contributed by atoms with Gasteiger partial charge < -0.3 is 20.1 Å². The third kappa shape index (κ3) is 7.48. The zero-order valence-electron chi connectivity index (χ0n) is 17.6. The molecule has 0 saturated carbocycles. The van der Waals surface area contributed by atoms with Crippen molar-refractivity contribution in [3.63, 3.8) is 0 Å². The number of hydrogen-bond acceptors (Lipinski definition) is 6. The van der Waals surface area contributed by atoms with Crippen LogP contribution >= 0.6 is 0 Å². The molecule has 0 aliphatic carbocycles. The molecule has 0 saturated heterocycles. The van der Waals surface area contributed by atoms with Crippen molar-refractivity contribution < 1.29 is 23.9 Å². The summed E-state index contributed by atoms with van der Waals surface area (Å²) in [6.07, 6.45) is -1.85. The Bertz CT molecular complexity index is 936. The van der Waals surface area contributed by atoms with Gasteiger partial charge in [-0.1, -0.05) is 44.2 Å². The Morgan fingerprint density at radius 2 is 1.65 bits per heavy atom. The van der Waals surface area contributed by atoms with Gasteiger partial charge in [-0.3, -0.25) is 4.79 Å². The zero-order chi connectivity index (χ0) is 22.8. The topological polar surface area (TPSA) is 118 Å². The van der Waals surface area contributed by atoms with Gasteiger partial charge in [0.15, 0.2) is 6.10 Å². The molecule has 2 aromatic carbocycles. The SMILES string of the molecule is CC(C)[C@H](NC(=O)OCc1ccccc1)C(=O)O[C@H](C)C(=O)Nc1ccc(C#N)cc1. The maximum absolute atomic E-state index is 12.5. The van der Waals surface area contributed by atoms with Crippen molar-refractivity contribution in [1.29, 1.82) is 5.26 Å². The highest BCUT2D eigenvalue weighted by Crippen LogP contribution is 2.11. The number of nitriles is 1. The van der Waals surface area contributed by atoms with E-state index in [0.717, 1.165) is 5.56 Å². The third-order valence-electron chi connectivity index (χ3n) is 4.35. The monoisotopic (exact) mass is 423 g/mol. The van der Waals surface area contributed by atoms with Crippen LogP contribution in [0, 0.1) is 17.2 Å². The van der Waals surface area contributed by atoms with Gasteiger partial charge in [0.25, 0.3) is 5.91 Å². The third-order valence-corrected chi connectivity index (χ3v) is 4.35. The second kappa shape index (κ2) is 11.4. The molecule has 2 rings (SSSR count). The first-order chi connectivity index (χ1) is 14.8. The molecule has 0 aliphatic rings. The van der Waals surface area contributed by atoms with E-state index >= 15 is 0 Å². The first-order valence-electron chi connectivity index (χ1n) is 9.79. The van der Waals surface area contributed by atoms with Crippen LogP contribution in [0.5, 0.6) is 0 Å². The minimum Gasteiger partial charge on any atom is -0.451 e. The number of anilines is 1. The molecule has 0 aromatic heterocycles. The molecule has 162 valence electrons. The summed E-state index contributed by atoms with van der Waals surface area (Å²) in [5, 5.41) is 13.9. The molecule has 2 amide bonds. The summed E-state index contributed by atoms with van der Waals surface area (Å²) in [7, 11) is 0. The van der Waals surface area contributed by atoms with Gasteiger partial charge in [0.2, 0.25) is 0 Å². The summed E-state index contributed by atoms with van der Waals surface area (Å²) in [6.45, 7) is 4.98. The fourth-order valence-electron chi connectivity index (χ4n) is 2.56. The van der Waals surface area contributed by atoms with Crippen LogP contribution in [0.25, 0.3) is 0 Å². The first-order valence-corrected chi connectivity index (χ1v) is 9.79. The number of rotatable bonds is 8. The molecule has 0 spiro atoms. The highest BCUT2D eigenvalue weighted by molar-refractivity contribution is 5.95. The number of ether oxygens (including phenoxy) is 2. The normalized spacial score (nSPS) is 12.2. The molecular weight excluding hydrogens is 398 g/mol. The lowest BCUT2D eigenvalue weighted by Crippen LogP contribution is -2.47. The maximum Gasteiger partial charge on any atom is 0.408 e. The van der Waals surface area contributed by atoms with E-state index in [0.29, 0.717) is 11.3 Å².